The minimum atomic E-state index is -4.17. The highest BCUT2D eigenvalue weighted by Crippen LogP contribution is 2.38. The lowest BCUT2D eigenvalue weighted by atomic mass is 9.97. The fourth-order valence-electron chi connectivity index (χ4n) is 5.00. The van der Waals surface area contributed by atoms with Crippen molar-refractivity contribution in [3.05, 3.63) is 66.0 Å². The van der Waals surface area contributed by atoms with E-state index in [-0.39, 0.29) is 21.9 Å². The largest absolute Gasteiger partial charge is 0.497 e. The molecule has 2 heterocycles. The number of halogens is 1. The van der Waals surface area contributed by atoms with Gasteiger partial charge in [-0.1, -0.05) is 20.8 Å². The van der Waals surface area contributed by atoms with Crippen LogP contribution in [-0.4, -0.2) is 45.1 Å². The molecule has 1 N–H and O–H groups in total. The van der Waals surface area contributed by atoms with Crippen molar-refractivity contribution in [1.82, 2.24) is 9.71 Å². The molecule has 4 rings (SSSR count). The minimum Gasteiger partial charge on any atom is -0.497 e. The number of anilines is 1. The zero-order valence-electron chi connectivity index (χ0n) is 23.7. The van der Waals surface area contributed by atoms with Crippen LogP contribution in [0.15, 0.2) is 59.5 Å². The van der Waals surface area contributed by atoms with Crippen LogP contribution < -0.4 is 19.1 Å². The van der Waals surface area contributed by atoms with Crippen LogP contribution in [0, 0.1) is 17.7 Å². The van der Waals surface area contributed by atoms with Crippen molar-refractivity contribution in [1.29, 1.82) is 0 Å². The van der Waals surface area contributed by atoms with Crippen molar-refractivity contribution in [2.45, 2.75) is 51.5 Å². The monoisotopic (exact) mass is 569 g/mol. The fraction of sp³-hybridized carbons (Fsp3) is 0.400. The van der Waals surface area contributed by atoms with Crippen LogP contribution in [0.2, 0.25) is 0 Å². The molecular weight excluding hydrogens is 533 g/mol. The van der Waals surface area contributed by atoms with E-state index in [9.17, 15) is 17.6 Å². The van der Waals surface area contributed by atoms with Crippen LogP contribution in [0.4, 0.5) is 10.2 Å². The average molecular weight is 570 g/mol. The van der Waals surface area contributed by atoms with Gasteiger partial charge >= 0.3 is 0 Å². The van der Waals surface area contributed by atoms with E-state index in [1.165, 1.54) is 49.6 Å². The second-order valence-electron chi connectivity index (χ2n) is 11.3. The molecule has 1 amide bonds. The molecule has 40 heavy (non-hydrogen) atoms. The first-order valence-electron chi connectivity index (χ1n) is 13.2. The summed E-state index contributed by atoms with van der Waals surface area (Å²) in [7, 11) is -2.69. The summed E-state index contributed by atoms with van der Waals surface area (Å²) in [5.74, 6) is 0.528. The summed E-state index contributed by atoms with van der Waals surface area (Å²) in [6.07, 6.45) is 0.858. The third-order valence-corrected chi connectivity index (χ3v) is 8.14. The maximum Gasteiger partial charge on any atom is 0.268 e. The topological polar surface area (TPSA) is 97.8 Å². The Morgan fingerprint density at radius 3 is 2.42 bits per heavy atom. The first-order chi connectivity index (χ1) is 18.8. The van der Waals surface area contributed by atoms with Crippen LogP contribution in [0.5, 0.6) is 11.5 Å². The van der Waals surface area contributed by atoms with E-state index in [0.29, 0.717) is 47.6 Å². The number of methoxy groups -OCH3 is 1. The Labute approximate surface area is 235 Å². The number of nitrogens with zero attached hydrogens (tertiary/aromatic N) is 2. The Hall–Kier alpha value is -3.66. The average Bonchev–Trinajstić information content (AvgIpc) is 3.17. The van der Waals surface area contributed by atoms with Gasteiger partial charge in [0.1, 0.15) is 23.1 Å². The molecular formula is C30H36FN3O5S. The van der Waals surface area contributed by atoms with Crippen LogP contribution in [-0.2, 0) is 10.0 Å². The van der Waals surface area contributed by atoms with Gasteiger partial charge in [0.25, 0.3) is 15.9 Å². The highest BCUT2D eigenvalue weighted by atomic mass is 32.2. The summed E-state index contributed by atoms with van der Waals surface area (Å²) in [6.45, 7) is 11.3. The number of rotatable bonds is 9. The number of carbonyl (C=O) groups excluding carboxylic acids is 1. The van der Waals surface area contributed by atoms with Gasteiger partial charge in [-0.05, 0) is 80.6 Å². The summed E-state index contributed by atoms with van der Waals surface area (Å²) in [4.78, 5) is 20.2. The van der Waals surface area contributed by atoms with Crippen molar-refractivity contribution >= 4 is 21.7 Å². The number of pyridine rings is 1. The molecule has 2 aromatic carbocycles. The number of benzene rings is 2. The molecule has 10 heteroatoms. The number of nitrogens with one attached hydrogen (secondary N) is 1. The Kier molecular flexibility index (Phi) is 8.39. The molecule has 1 fully saturated rings. The van der Waals surface area contributed by atoms with Crippen LogP contribution in [0.25, 0.3) is 11.3 Å². The summed E-state index contributed by atoms with van der Waals surface area (Å²) in [6, 6.07) is 13.3. The van der Waals surface area contributed by atoms with E-state index in [2.05, 4.69) is 25.5 Å². The first kappa shape index (κ1) is 29.3. The summed E-state index contributed by atoms with van der Waals surface area (Å²) < 4.78 is 53.7. The Balaban J connectivity index is 1.74. The zero-order valence-corrected chi connectivity index (χ0v) is 24.5. The lowest BCUT2D eigenvalue weighted by Crippen LogP contribution is -2.41. The Morgan fingerprint density at radius 1 is 1.12 bits per heavy atom. The molecule has 1 atom stereocenters. The highest BCUT2D eigenvalue weighted by Gasteiger charge is 2.39. The van der Waals surface area contributed by atoms with E-state index in [1.807, 2.05) is 18.7 Å². The van der Waals surface area contributed by atoms with Gasteiger partial charge in [0.15, 0.2) is 0 Å². The molecule has 1 aliphatic heterocycles. The molecule has 1 saturated heterocycles. The van der Waals surface area contributed by atoms with Gasteiger partial charge in [-0.15, -0.1) is 0 Å². The normalized spacial score (nSPS) is 16.7. The van der Waals surface area contributed by atoms with E-state index >= 15 is 0 Å². The van der Waals surface area contributed by atoms with Gasteiger partial charge < -0.3 is 14.4 Å². The molecule has 0 aliphatic carbocycles. The second-order valence-corrected chi connectivity index (χ2v) is 13.0. The number of aromatic nitrogens is 1. The van der Waals surface area contributed by atoms with E-state index in [4.69, 9.17) is 14.5 Å². The number of amides is 1. The van der Waals surface area contributed by atoms with Gasteiger partial charge in [-0.3, -0.25) is 4.79 Å². The molecule has 214 valence electrons. The van der Waals surface area contributed by atoms with E-state index < -0.39 is 21.7 Å². The van der Waals surface area contributed by atoms with Gasteiger partial charge in [-0.2, -0.15) is 0 Å². The van der Waals surface area contributed by atoms with E-state index in [0.717, 1.165) is 6.42 Å². The minimum absolute atomic E-state index is 0.0726. The van der Waals surface area contributed by atoms with E-state index in [1.54, 1.807) is 12.1 Å². The predicted octanol–water partition coefficient (Wildman–Crippen LogP) is 5.67. The first-order valence-corrected chi connectivity index (χ1v) is 14.7. The standard InChI is InChI=1S/C30H36FN3O5S/c1-19(2)18-39-24-14-21(13-22(31)15-24)27-12-11-26(28(32-27)34-17-20(3)16-30(34,4)5)29(35)33-40(36,37)25-9-7-23(38-6)8-10-25/h7-15,19-20H,16-18H2,1-6H3,(H,33,35)/t20-/m0/s1. The zero-order chi connectivity index (χ0) is 29.2. The molecule has 0 spiro atoms. The van der Waals surface area contributed by atoms with Gasteiger partial charge in [0.2, 0.25) is 0 Å². The summed E-state index contributed by atoms with van der Waals surface area (Å²) in [5, 5.41) is 0. The van der Waals surface area contributed by atoms with Crippen molar-refractivity contribution in [2.24, 2.45) is 11.8 Å². The third-order valence-electron chi connectivity index (χ3n) is 6.80. The maximum atomic E-state index is 14.6. The second kappa shape index (κ2) is 11.4. The van der Waals surface area contributed by atoms with Crippen LogP contribution in [0.3, 0.4) is 0 Å². The SMILES string of the molecule is COc1ccc(S(=O)(=O)NC(=O)c2ccc(-c3cc(F)cc(OCC(C)C)c3)nc2N2C[C@@H](C)CC2(C)C)cc1. The molecule has 3 aromatic rings. The molecule has 1 aliphatic rings. The van der Waals surface area contributed by atoms with Gasteiger partial charge in [0, 0.05) is 23.7 Å². The van der Waals surface area contributed by atoms with Crippen molar-refractivity contribution in [3.8, 4) is 22.8 Å². The smallest absolute Gasteiger partial charge is 0.268 e. The molecule has 8 nitrogen and oxygen atoms in total. The van der Waals surface area contributed by atoms with Gasteiger partial charge in [-0.25, -0.2) is 22.5 Å². The quantitative estimate of drug-likeness (QED) is 0.354. The Morgan fingerprint density at radius 2 is 1.82 bits per heavy atom. The molecule has 1 aromatic heterocycles. The molecule has 0 bridgehead atoms. The molecule has 0 radical (unpaired) electrons. The van der Waals surface area contributed by atoms with Crippen LogP contribution in [0.1, 0.15) is 51.4 Å². The number of hydrogen-bond donors (Lipinski definition) is 1. The fourth-order valence-corrected chi connectivity index (χ4v) is 5.97. The Bertz CT molecular complexity index is 1490. The summed E-state index contributed by atoms with van der Waals surface area (Å²) >= 11 is 0. The molecule has 0 saturated carbocycles. The number of hydrogen-bond acceptors (Lipinski definition) is 7. The van der Waals surface area contributed by atoms with Crippen molar-refractivity contribution in [2.75, 3.05) is 25.2 Å². The lowest BCUT2D eigenvalue weighted by molar-refractivity contribution is 0.0981. The number of ether oxygens (including phenoxy) is 2. The lowest BCUT2D eigenvalue weighted by Gasteiger charge is -2.34. The maximum absolute atomic E-state index is 14.6. The summed E-state index contributed by atoms with van der Waals surface area (Å²) in [5.41, 5.74) is 0.690. The van der Waals surface area contributed by atoms with Gasteiger partial charge in [0.05, 0.1) is 29.9 Å². The van der Waals surface area contributed by atoms with Crippen molar-refractivity contribution < 1.29 is 27.1 Å². The van der Waals surface area contributed by atoms with Crippen LogP contribution >= 0.6 is 0 Å². The number of carbonyl (C=O) groups is 1. The third kappa shape index (κ3) is 6.55. The predicted molar refractivity (Wildman–Crippen MR) is 153 cm³/mol. The van der Waals surface area contributed by atoms with Crippen molar-refractivity contribution in [3.63, 3.8) is 0 Å². The molecule has 0 unspecified atom stereocenters. The highest BCUT2D eigenvalue weighted by molar-refractivity contribution is 7.90. The number of sulfonamides is 1.